The summed E-state index contributed by atoms with van der Waals surface area (Å²) < 4.78 is 0.832. The van der Waals surface area contributed by atoms with Crippen LogP contribution >= 0.6 is 0 Å². The molecule has 0 aliphatic heterocycles. The standard InChI is InChI=1S/C22H25.C2H6Si.2ClH.Zr/c1-4-5-7-17-14-20-8-6-9-21(22(20)15-17)19-12-10-18(11-13-19)16(2)3;1-3-2;;;/h6,8-16H,4-5,7H2,1-3H3;1-2H3;2*1H;/q;;;;+2/p-2. The minimum absolute atomic E-state index is 0. The zero-order valence-corrected chi connectivity index (χ0v) is 22.6. The second-order valence-corrected chi connectivity index (χ2v) is 21.2. The molecule has 1 radical (unpaired) electrons. The third-order valence-corrected chi connectivity index (χ3v) is 14.2. The number of hydrogen-bond donors (Lipinski definition) is 0. The SMILES string of the molecule is CCCCC1=Cc2c(-c3ccc(C(C)C)cc3)cccc2[CH]1[Zr+2][Si](C)C.[Cl-].[Cl-]. The van der Waals surface area contributed by atoms with Crippen molar-refractivity contribution >= 4 is 12.0 Å². The van der Waals surface area contributed by atoms with Crippen LogP contribution in [-0.4, -0.2) is 5.92 Å². The van der Waals surface area contributed by atoms with Crippen LogP contribution < -0.4 is 24.8 Å². The molecule has 2 aromatic rings. The number of fused-ring (bicyclic) bond motifs is 1. The first-order valence-corrected chi connectivity index (χ1v) is 17.6. The van der Waals surface area contributed by atoms with Crippen LogP contribution in [0.4, 0.5) is 0 Å². The Hall–Kier alpha value is -0.140. The number of benzene rings is 2. The molecule has 0 heterocycles. The summed E-state index contributed by atoms with van der Waals surface area (Å²) in [5.41, 5.74) is 9.18. The predicted molar refractivity (Wildman–Crippen MR) is 114 cm³/mol. The molecule has 0 saturated carbocycles. The monoisotopic (exact) mass is 507 g/mol. The fourth-order valence-corrected chi connectivity index (χ4v) is 12.7. The topological polar surface area (TPSA) is 0 Å². The Morgan fingerprint density at radius 1 is 1.00 bits per heavy atom. The molecule has 1 atom stereocenters. The zero-order valence-electron chi connectivity index (χ0n) is 17.7. The van der Waals surface area contributed by atoms with Crippen molar-refractivity contribution in [1.29, 1.82) is 0 Å². The summed E-state index contributed by atoms with van der Waals surface area (Å²) in [4.78, 5) is 0. The third kappa shape index (κ3) is 5.94. The summed E-state index contributed by atoms with van der Waals surface area (Å²) in [5.74, 6) is 0.516. The first kappa shape index (κ1) is 25.9. The Labute approximate surface area is 196 Å². The molecule has 0 amide bonds. The van der Waals surface area contributed by atoms with E-state index in [1.54, 1.807) is 11.1 Å². The second-order valence-electron chi connectivity index (χ2n) is 7.99. The van der Waals surface area contributed by atoms with Crippen LogP contribution in [0.1, 0.15) is 66.3 Å². The fraction of sp³-hybridized carbons (Fsp3) is 0.417. The van der Waals surface area contributed by atoms with Crippen molar-refractivity contribution in [2.45, 2.75) is 62.7 Å². The van der Waals surface area contributed by atoms with Crippen LogP contribution in [-0.2, 0) is 22.4 Å². The molecule has 0 saturated heterocycles. The molecule has 4 heteroatoms. The van der Waals surface area contributed by atoms with E-state index in [9.17, 15) is 0 Å². The van der Waals surface area contributed by atoms with Crippen molar-refractivity contribution in [3.05, 3.63) is 64.7 Å². The first-order valence-electron chi connectivity index (χ1n) is 10.0. The van der Waals surface area contributed by atoms with Gasteiger partial charge in [0.2, 0.25) is 0 Å². The van der Waals surface area contributed by atoms with Gasteiger partial charge in [-0.3, -0.25) is 0 Å². The van der Waals surface area contributed by atoms with Crippen molar-refractivity contribution in [3.8, 4) is 11.1 Å². The molecule has 0 aromatic heterocycles. The molecule has 3 rings (SSSR count). The molecule has 0 bridgehead atoms. The van der Waals surface area contributed by atoms with Crippen molar-refractivity contribution < 1.29 is 47.2 Å². The van der Waals surface area contributed by atoms with Gasteiger partial charge in [0, 0.05) is 0 Å². The maximum absolute atomic E-state index is 2.58. The van der Waals surface area contributed by atoms with E-state index in [1.807, 2.05) is 0 Å². The molecule has 2 aromatic carbocycles. The Morgan fingerprint density at radius 2 is 1.68 bits per heavy atom. The van der Waals surface area contributed by atoms with Gasteiger partial charge in [0.25, 0.3) is 0 Å². The summed E-state index contributed by atoms with van der Waals surface area (Å²) in [5, 5.41) is 0. The number of halogens is 2. The first-order chi connectivity index (χ1) is 12.5. The van der Waals surface area contributed by atoms with Crippen molar-refractivity contribution in [2.75, 3.05) is 0 Å². The van der Waals surface area contributed by atoms with E-state index in [0.717, 1.165) is 3.63 Å². The van der Waals surface area contributed by atoms with E-state index in [0.29, 0.717) is 5.92 Å². The summed E-state index contributed by atoms with van der Waals surface area (Å²) in [6.07, 6.45) is 6.51. The summed E-state index contributed by atoms with van der Waals surface area (Å²) in [6.45, 7) is 11.9. The van der Waals surface area contributed by atoms with Gasteiger partial charge in [-0.2, -0.15) is 0 Å². The average Bonchev–Trinajstić information content (AvgIpc) is 2.97. The van der Waals surface area contributed by atoms with E-state index in [2.05, 4.69) is 82.4 Å². The van der Waals surface area contributed by atoms with E-state index < -0.39 is 0 Å². The van der Waals surface area contributed by atoms with Gasteiger partial charge < -0.3 is 24.8 Å². The Morgan fingerprint density at radius 3 is 2.25 bits per heavy atom. The molecule has 1 aliphatic rings. The van der Waals surface area contributed by atoms with Gasteiger partial charge in [0.1, 0.15) is 0 Å². The van der Waals surface area contributed by atoms with Crippen molar-refractivity contribution in [1.82, 2.24) is 0 Å². The molecule has 1 aliphatic carbocycles. The maximum Gasteiger partial charge on any atom is -1.00 e. The molecule has 0 nitrogen and oxygen atoms in total. The van der Waals surface area contributed by atoms with Crippen LogP contribution in [0, 0.1) is 0 Å². The molecular weight excluding hydrogens is 478 g/mol. The summed E-state index contributed by atoms with van der Waals surface area (Å²) >= 11 is -0.356. The van der Waals surface area contributed by atoms with Crippen LogP contribution in [0.15, 0.2) is 48.0 Å². The fourth-order valence-electron chi connectivity index (χ4n) is 3.82. The van der Waals surface area contributed by atoms with Crippen LogP contribution in [0.3, 0.4) is 0 Å². The van der Waals surface area contributed by atoms with Gasteiger partial charge in [-0.1, -0.05) is 0 Å². The Kier molecular flexibility index (Phi) is 11.0. The summed E-state index contributed by atoms with van der Waals surface area (Å²) in [6, 6.07) is 16.3. The number of unbranched alkanes of at least 4 members (excludes halogenated alkanes) is 1. The van der Waals surface area contributed by atoms with E-state index in [1.165, 1.54) is 41.5 Å². The Bertz CT molecular complexity index is 782. The molecule has 0 fully saturated rings. The molecule has 149 valence electrons. The average molecular weight is 510 g/mol. The van der Waals surface area contributed by atoms with Gasteiger partial charge >= 0.3 is 173 Å². The number of allylic oxidation sites excluding steroid dienone is 1. The third-order valence-electron chi connectivity index (χ3n) is 5.29. The quantitative estimate of drug-likeness (QED) is 0.496. The largest absolute Gasteiger partial charge is 1.00 e. The number of rotatable bonds is 7. The molecule has 28 heavy (non-hydrogen) atoms. The zero-order chi connectivity index (χ0) is 18.7. The normalized spacial score (nSPS) is 14.8. The molecule has 0 spiro atoms. The smallest absolute Gasteiger partial charge is 1.00 e. The molecule has 0 N–H and O–H groups in total. The van der Waals surface area contributed by atoms with E-state index in [-0.39, 0.29) is 53.1 Å². The van der Waals surface area contributed by atoms with Crippen molar-refractivity contribution in [3.63, 3.8) is 0 Å². The van der Waals surface area contributed by atoms with Gasteiger partial charge in [-0.15, -0.1) is 0 Å². The van der Waals surface area contributed by atoms with E-state index >= 15 is 0 Å². The van der Waals surface area contributed by atoms with Crippen molar-refractivity contribution in [2.24, 2.45) is 0 Å². The van der Waals surface area contributed by atoms with Crippen LogP contribution in [0.25, 0.3) is 17.2 Å². The van der Waals surface area contributed by atoms with Gasteiger partial charge in [-0.05, 0) is 0 Å². The van der Waals surface area contributed by atoms with E-state index in [4.69, 9.17) is 0 Å². The Balaban J connectivity index is 0.00000196. The predicted octanol–water partition coefficient (Wildman–Crippen LogP) is 1.45. The maximum atomic E-state index is 2.58. The van der Waals surface area contributed by atoms with Gasteiger partial charge in [0.05, 0.1) is 0 Å². The van der Waals surface area contributed by atoms with Gasteiger partial charge in [0.15, 0.2) is 0 Å². The second kappa shape index (κ2) is 11.9. The van der Waals surface area contributed by atoms with Crippen LogP contribution in [0.2, 0.25) is 13.1 Å². The molecule has 1 unspecified atom stereocenters. The molecular formula is C24H31Cl2SiZr. The number of hydrogen-bond acceptors (Lipinski definition) is 0. The minimum Gasteiger partial charge on any atom is -1.00 e. The van der Waals surface area contributed by atoms with Gasteiger partial charge in [-0.25, -0.2) is 0 Å². The summed E-state index contributed by atoms with van der Waals surface area (Å²) in [7, 11) is 0. The van der Waals surface area contributed by atoms with Crippen LogP contribution in [0.5, 0.6) is 0 Å². The minimum atomic E-state index is -0.356.